The standard InChI is InChI=1S/C38H68O2/c1-4-6-8-10-12-14-16-18-20-22-24-26-28-30-32-34-37(39)36(3)38(40)35-33-31-29-27-25-23-21-19-17-15-13-11-9-7-5-2/h18-21H,3-17,22-35H2,1-2H3. The Morgan fingerprint density at radius 1 is 0.400 bits per heavy atom. The lowest BCUT2D eigenvalue weighted by atomic mass is 9.98. The summed E-state index contributed by atoms with van der Waals surface area (Å²) in [6.45, 7) is 8.35. The average Bonchev–Trinajstić information content (AvgIpc) is 2.96. The highest BCUT2D eigenvalue weighted by atomic mass is 16.1. The number of unbranched alkanes of at least 4 members (excludes halogenated alkanes) is 22. The van der Waals surface area contributed by atoms with E-state index in [0.717, 1.165) is 25.7 Å². The van der Waals surface area contributed by atoms with E-state index >= 15 is 0 Å². The SMILES string of the molecule is C=C(C(=O)CCCCCCCC=CCCCCCCCC)C(=O)CCCCCCCC=CCCCCCCCC. The second-order valence-electron chi connectivity index (χ2n) is 12.0. The van der Waals surface area contributed by atoms with Crippen LogP contribution in [0.1, 0.15) is 194 Å². The molecule has 0 bridgehead atoms. The molecule has 0 spiro atoms. The van der Waals surface area contributed by atoms with E-state index in [0.29, 0.717) is 12.8 Å². The van der Waals surface area contributed by atoms with Crippen molar-refractivity contribution in [3.05, 3.63) is 36.5 Å². The van der Waals surface area contributed by atoms with Crippen LogP contribution >= 0.6 is 0 Å². The first-order chi connectivity index (χ1) is 19.6. The minimum Gasteiger partial charge on any atom is -0.294 e. The molecule has 0 aromatic heterocycles. The zero-order valence-corrected chi connectivity index (χ0v) is 27.1. The molecule has 0 unspecified atom stereocenters. The molecule has 0 radical (unpaired) electrons. The van der Waals surface area contributed by atoms with Crippen molar-refractivity contribution in [2.45, 2.75) is 194 Å². The molecule has 0 aliphatic heterocycles. The van der Waals surface area contributed by atoms with Gasteiger partial charge in [-0.15, -0.1) is 0 Å². The molecule has 0 atom stereocenters. The zero-order valence-electron chi connectivity index (χ0n) is 27.1. The minimum atomic E-state index is -0.0321. The summed E-state index contributed by atoms with van der Waals surface area (Å²) in [4.78, 5) is 24.7. The van der Waals surface area contributed by atoms with Gasteiger partial charge in [-0.05, 0) is 64.2 Å². The molecule has 0 aromatic rings. The number of carbonyl (C=O) groups excluding carboxylic acids is 2. The molecule has 0 aliphatic rings. The van der Waals surface area contributed by atoms with E-state index in [9.17, 15) is 9.59 Å². The molecule has 0 aromatic carbocycles. The van der Waals surface area contributed by atoms with Crippen LogP contribution in [-0.2, 0) is 9.59 Å². The maximum atomic E-state index is 12.3. The molecule has 0 rings (SSSR count). The van der Waals surface area contributed by atoms with Crippen LogP contribution in [0.4, 0.5) is 0 Å². The van der Waals surface area contributed by atoms with Crippen molar-refractivity contribution in [1.29, 1.82) is 0 Å². The first-order valence-corrected chi connectivity index (χ1v) is 17.7. The van der Waals surface area contributed by atoms with Gasteiger partial charge in [0.15, 0.2) is 11.6 Å². The van der Waals surface area contributed by atoms with E-state index in [1.165, 1.54) is 141 Å². The van der Waals surface area contributed by atoms with E-state index < -0.39 is 0 Å². The molecule has 40 heavy (non-hydrogen) atoms. The topological polar surface area (TPSA) is 34.1 Å². The molecule has 0 heterocycles. The number of rotatable bonds is 32. The smallest absolute Gasteiger partial charge is 0.165 e. The lowest BCUT2D eigenvalue weighted by molar-refractivity contribution is -0.121. The molecule has 0 saturated heterocycles. The van der Waals surface area contributed by atoms with Crippen molar-refractivity contribution in [2.24, 2.45) is 0 Å². The summed E-state index contributed by atoms with van der Waals surface area (Å²) >= 11 is 0. The second-order valence-corrected chi connectivity index (χ2v) is 12.0. The third-order valence-electron chi connectivity index (χ3n) is 8.00. The Balaban J connectivity index is 3.51. The number of Topliss-reactive ketones (excluding diaryl/α,β-unsaturated/α-hetero) is 2. The van der Waals surface area contributed by atoms with Crippen molar-refractivity contribution in [3.8, 4) is 0 Å². The van der Waals surface area contributed by atoms with Gasteiger partial charge in [-0.1, -0.05) is 147 Å². The maximum absolute atomic E-state index is 12.3. The normalized spacial score (nSPS) is 11.7. The molecule has 2 heteroatoms. The van der Waals surface area contributed by atoms with Gasteiger partial charge in [-0.3, -0.25) is 9.59 Å². The summed E-state index contributed by atoms with van der Waals surface area (Å²) in [5.74, 6) is -0.0641. The van der Waals surface area contributed by atoms with Gasteiger partial charge in [-0.2, -0.15) is 0 Å². The molecule has 2 nitrogen and oxygen atoms in total. The van der Waals surface area contributed by atoms with E-state index in [-0.39, 0.29) is 17.1 Å². The highest BCUT2D eigenvalue weighted by Crippen LogP contribution is 2.14. The molecule has 0 amide bonds. The third-order valence-corrected chi connectivity index (χ3v) is 8.00. The van der Waals surface area contributed by atoms with Crippen LogP contribution in [-0.4, -0.2) is 11.6 Å². The van der Waals surface area contributed by atoms with Gasteiger partial charge in [0.1, 0.15) is 0 Å². The minimum absolute atomic E-state index is 0.0321. The molecule has 232 valence electrons. The van der Waals surface area contributed by atoms with E-state index in [4.69, 9.17) is 0 Å². The Morgan fingerprint density at radius 2 is 0.650 bits per heavy atom. The Hall–Kier alpha value is -1.44. The van der Waals surface area contributed by atoms with Crippen molar-refractivity contribution in [1.82, 2.24) is 0 Å². The van der Waals surface area contributed by atoms with Crippen molar-refractivity contribution in [3.63, 3.8) is 0 Å². The van der Waals surface area contributed by atoms with Crippen LogP contribution in [0.5, 0.6) is 0 Å². The van der Waals surface area contributed by atoms with Crippen LogP contribution in [0.3, 0.4) is 0 Å². The predicted octanol–water partition coefficient (Wildman–Crippen LogP) is 12.8. The van der Waals surface area contributed by atoms with Gasteiger partial charge < -0.3 is 0 Å². The van der Waals surface area contributed by atoms with Crippen LogP contribution in [0.15, 0.2) is 36.5 Å². The first kappa shape index (κ1) is 38.6. The fourth-order valence-corrected chi connectivity index (χ4v) is 5.17. The monoisotopic (exact) mass is 557 g/mol. The van der Waals surface area contributed by atoms with E-state index in [1.54, 1.807) is 0 Å². The molecule has 0 aliphatic carbocycles. The van der Waals surface area contributed by atoms with Gasteiger partial charge in [0.2, 0.25) is 0 Å². The number of allylic oxidation sites excluding steroid dienone is 5. The molecule has 0 saturated carbocycles. The highest BCUT2D eigenvalue weighted by molar-refractivity contribution is 6.19. The van der Waals surface area contributed by atoms with Crippen LogP contribution in [0.2, 0.25) is 0 Å². The summed E-state index contributed by atoms with van der Waals surface area (Å²) < 4.78 is 0. The summed E-state index contributed by atoms with van der Waals surface area (Å²) in [7, 11) is 0. The van der Waals surface area contributed by atoms with E-state index in [1.807, 2.05) is 0 Å². The van der Waals surface area contributed by atoms with Gasteiger partial charge in [0.05, 0.1) is 5.57 Å². The first-order valence-electron chi connectivity index (χ1n) is 17.7. The van der Waals surface area contributed by atoms with Crippen molar-refractivity contribution >= 4 is 11.6 Å². The van der Waals surface area contributed by atoms with Crippen molar-refractivity contribution < 1.29 is 9.59 Å². The van der Waals surface area contributed by atoms with Crippen LogP contribution in [0.25, 0.3) is 0 Å². The Bertz CT molecular complexity index is 588. The number of ketones is 2. The van der Waals surface area contributed by atoms with Gasteiger partial charge >= 0.3 is 0 Å². The lowest BCUT2D eigenvalue weighted by Gasteiger charge is -2.05. The maximum Gasteiger partial charge on any atom is 0.165 e. The molecular formula is C38H68O2. The largest absolute Gasteiger partial charge is 0.294 e. The Kier molecular flexibility index (Phi) is 30.9. The Morgan fingerprint density at radius 3 is 0.950 bits per heavy atom. The number of carbonyl (C=O) groups is 2. The predicted molar refractivity (Wildman–Crippen MR) is 178 cm³/mol. The van der Waals surface area contributed by atoms with Gasteiger partial charge in [-0.25, -0.2) is 0 Å². The summed E-state index contributed by atoms with van der Waals surface area (Å²) in [5, 5.41) is 0. The summed E-state index contributed by atoms with van der Waals surface area (Å²) in [6, 6.07) is 0. The zero-order chi connectivity index (χ0) is 29.4. The fraction of sp³-hybridized carbons (Fsp3) is 0.789. The fourth-order valence-electron chi connectivity index (χ4n) is 5.17. The molecular weight excluding hydrogens is 488 g/mol. The number of hydrogen-bond donors (Lipinski definition) is 0. The van der Waals surface area contributed by atoms with Gasteiger partial charge in [0.25, 0.3) is 0 Å². The highest BCUT2D eigenvalue weighted by Gasteiger charge is 2.14. The van der Waals surface area contributed by atoms with Gasteiger partial charge in [0, 0.05) is 12.8 Å². The Labute approximate surface area is 250 Å². The van der Waals surface area contributed by atoms with Crippen molar-refractivity contribution in [2.75, 3.05) is 0 Å². The molecule has 0 N–H and O–H groups in total. The summed E-state index contributed by atoms with van der Waals surface area (Å²) in [6.07, 6.45) is 42.8. The number of hydrogen-bond acceptors (Lipinski definition) is 2. The third kappa shape index (κ3) is 28.1. The lowest BCUT2D eigenvalue weighted by Crippen LogP contribution is -2.11. The van der Waals surface area contributed by atoms with Crippen LogP contribution in [0, 0.1) is 0 Å². The van der Waals surface area contributed by atoms with E-state index in [2.05, 4.69) is 44.7 Å². The van der Waals surface area contributed by atoms with Crippen LogP contribution < -0.4 is 0 Å². The average molecular weight is 557 g/mol. The quantitative estimate of drug-likeness (QED) is 0.0271. The molecule has 0 fully saturated rings. The summed E-state index contributed by atoms with van der Waals surface area (Å²) in [5.41, 5.74) is 0.242. The second kappa shape index (κ2) is 32.1.